The van der Waals surface area contributed by atoms with Crippen LogP contribution in [-0.2, 0) is 7.05 Å². The first-order chi connectivity index (χ1) is 9.03. The van der Waals surface area contributed by atoms with Crippen molar-refractivity contribution < 1.29 is 18.0 Å². The molecule has 0 amide bonds. The fraction of sp³-hybridized carbons (Fsp3) is 0.643. The maximum Gasteiger partial charge on any atom is 0.401 e. The number of nitrogens with zero attached hydrogens (tertiary/aromatic N) is 2. The van der Waals surface area contributed by atoms with Crippen LogP contribution in [0.5, 0.6) is 0 Å². The Balaban J connectivity index is 2.88. The summed E-state index contributed by atoms with van der Waals surface area (Å²) in [6.07, 6.45) is -4.30. The first kappa shape index (κ1) is 16.8. The van der Waals surface area contributed by atoms with E-state index in [2.05, 4.69) is 0 Å². The van der Waals surface area contributed by atoms with Gasteiger partial charge in [-0.25, -0.2) is 0 Å². The summed E-state index contributed by atoms with van der Waals surface area (Å²) in [5, 5.41) is 0. The van der Waals surface area contributed by atoms with Crippen LogP contribution in [0.25, 0.3) is 0 Å². The highest BCUT2D eigenvalue weighted by Gasteiger charge is 2.33. The van der Waals surface area contributed by atoms with Gasteiger partial charge in [0.15, 0.2) is 5.78 Å². The zero-order valence-electron chi connectivity index (χ0n) is 12.5. The summed E-state index contributed by atoms with van der Waals surface area (Å²) in [6.45, 7) is 5.68. The topological polar surface area (TPSA) is 25.2 Å². The highest BCUT2D eigenvalue weighted by molar-refractivity contribution is 5.99. The van der Waals surface area contributed by atoms with Crippen LogP contribution in [0, 0.1) is 13.8 Å². The molecule has 0 fully saturated rings. The number of hydrogen-bond donors (Lipinski definition) is 0. The molecule has 20 heavy (non-hydrogen) atoms. The van der Waals surface area contributed by atoms with Crippen molar-refractivity contribution in [2.75, 3.05) is 13.1 Å². The molecule has 0 saturated carbocycles. The zero-order chi connectivity index (χ0) is 15.7. The summed E-state index contributed by atoms with van der Waals surface area (Å²) in [4.78, 5) is 13.4. The Hall–Kier alpha value is -1.30. The van der Waals surface area contributed by atoms with Crippen molar-refractivity contribution in [2.24, 2.45) is 7.05 Å². The Morgan fingerprint density at radius 3 is 2.25 bits per heavy atom. The van der Waals surface area contributed by atoms with E-state index in [1.165, 1.54) is 0 Å². The first-order valence-electron chi connectivity index (χ1n) is 6.50. The number of alkyl halides is 3. The predicted octanol–water partition coefficient (Wildman–Crippen LogP) is 3.10. The Morgan fingerprint density at radius 1 is 1.35 bits per heavy atom. The zero-order valence-corrected chi connectivity index (χ0v) is 12.5. The number of hydrogen-bond acceptors (Lipinski definition) is 2. The van der Waals surface area contributed by atoms with Crippen LogP contribution in [0.1, 0.15) is 35.6 Å². The Labute approximate surface area is 117 Å². The van der Waals surface area contributed by atoms with Gasteiger partial charge >= 0.3 is 6.18 Å². The van der Waals surface area contributed by atoms with Crippen molar-refractivity contribution >= 4 is 5.78 Å². The number of aromatic nitrogens is 1. The van der Waals surface area contributed by atoms with E-state index in [0.717, 1.165) is 16.3 Å². The number of halogens is 3. The smallest absolute Gasteiger partial charge is 0.351 e. The van der Waals surface area contributed by atoms with Crippen LogP contribution in [0.3, 0.4) is 0 Å². The van der Waals surface area contributed by atoms with Crippen molar-refractivity contribution in [1.82, 2.24) is 9.47 Å². The fourth-order valence-corrected chi connectivity index (χ4v) is 2.06. The van der Waals surface area contributed by atoms with Gasteiger partial charge in [-0.15, -0.1) is 0 Å². The van der Waals surface area contributed by atoms with Crippen molar-refractivity contribution in [2.45, 2.75) is 39.9 Å². The van der Waals surface area contributed by atoms with E-state index >= 15 is 0 Å². The lowest BCUT2D eigenvalue weighted by molar-refractivity contribution is -0.148. The Kier molecular flexibility index (Phi) is 5.02. The second-order valence-electron chi connectivity index (χ2n) is 5.38. The molecule has 1 aromatic heterocycles. The quantitative estimate of drug-likeness (QED) is 0.779. The van der Waals surface area contributed by atoms with E-state index in [1.54, 1.807) is 26.8 Å². The van der Waals surface area contributed by atoms with E-state index < -0.39 is 12.7 Å². The van der Waals surface area contributed by atoms with Crippen LogP contribution in [0.15, 0.2) is 6.07 Å². The normalized spacial score (nSPS) is 12.5. The summed E-state index contributed by atoms with van der Waals surface area (Å²) in [5.41, 5.74) is 2.19. The highest BCUT2D eigenvalue weighted by Crippen LogP contribution is 2.20. The number of carbonyl (C=O) groups excluding carboxylic acids is 1. The van der Waals surface area contributed by atoms with Crippen LogP contribution in [0.2, 0.25) is 0 Å². The molecule has 0 unspecified atom stereocenters. The molecule has 0 aliphatic rings. The summed E-state index contributed by atoms with van der Waals surface area (Å²) in [5.74, 6) is -0.274. The van der Waals surface area contributed by atoms with Crippen LogP contribution >= 0.6 is 0 Å². The molecule has 1 rings (SSSR count). The van der Waals surface area contributed by atoms with Gasteiger partial charge in [0.25, 0.3) is 0 Å². The number of ketones is 1. The van der Waals surface area contributed by atoms with Crippen LogP contribution < -0.4 is 0 Å². The van der Waals surface area contributed by atoms with E-state index in [9.17, 15) is 18.0 Å². The first-order valence-corrected chi connectivity index (χ1v) is 6.50. The standard InChI is InChI=1S/C14H21F3N2O/c1-9(2)19(8-14(15,16)17)7-13(20)12-6-10(3)18(5)11(12)4/h6,9H,7-8H2,1-5H3. The van der Waals surface area contributed by atoms with Crippen molar-refractivity contribution in [3.05, 3.63) is 23.0 Å². The van der Waals surface area contributed by atoms with E-state index in [4.69, 9.17) is 0 Å². The number of aryl methyl sites for hydroxylation is 1. The maximum atomic E-state index is 12.5. The predicted molar refractivity (Wildman–Crippen MR) is 72.0 cm³/mol. The monoisotopic (exact) mass is 290 g/mol. The minimum Gasteiger partial charge on any atom is -0.351 e. The van der Waals surface area contributed by atoms with Gasteiger partial charge in [0.2, 0.25) is 0 Å². The third-order valence-corrected chi connectivity index (χ3v) is 3.53. The van der Waals surface area contributed by atoms with Gasteiger partial charge < -0.3 is 4.57 Å². The molecule has 0 aromatic carbocycles. The lowest BCUT2D eigenvalue weighted by atomic mass is 10.1. The molecule has 3 nitrogen and oxygen atoms in total. The SMILES string of the molecule is Cc1cc(C(=O)CN(CC(F)(F)F)C(C)C)c(C)n1C. The molecule has 114 valence electrons. The third-order valence-electron chi connectivity index (χ3n) is 3.53. The average Bonchev–Trinajstić information content (AvgIpc) is 2.54. The van der Waals surface area contributed by atoms with E-state index in [0.29, 0.717) is 5.56 Å². The van der Waals surface area contributed by atoms with Crippen molar-refractivity contribution in [3.8, 4) is 0 Å². The molecule has 1 aromatic rings. The largest absolute Gasteiger partial charge is 0.401 e. The lowest BCUT2D eigenvalue weighted by Gasteiger charge is -2.26. The van der Waals surface area contributed by atoms with Crippen LogP contribution in [0.4, 0.5) is 13.2 Å². The second kappa shape index (κ2) is 5.99. The minimum absolute atomic E-state index is 0.221. The number of rotatable bonds is 5. The molecule has 0 aliphatic heterocycles. The molecule has 6 heteroatoms. The Morgan fingerprint density at radius 2 is 1.90 bits per heavy atom. The second-order valence-corrected chi connectivity index (χ2v) is 5.38. The summed E-state index contributed by atoms with van der Waals surface area (Å²) in [6, 6.07) is 1.38. The van der Waals surface area contributed by atoms with Gasteiger partial charge in [-0.3, -0.25) is 9.69 Å². The summed E-state index contributed by atoms with van der Waals surface area (Å²) >= 11 is 0. The molecule has 1 heterocycles. The third kappa shape index (κ3) is 4.10. The molecular formula is C14H21F3N2O. The molecule has 0 N–H and O–H groups in total. The van der Waals surface area contributed by atoms with Crippen molar-refractivity contribution in [3.63, 3.8) is 0 Å². The fourth-order valence-electron chi connectivity index (χ4n) is 2.06. The molecule has 0 atom stereocenters. The van der Waals surface area contributed by atoms with Gasteiger partial charge in [-0.05, 0) is 33.8 Å². The van der Waals surface area contributed by atoms with E-state index in [-0.39, 0.29) is 18.4 Å². The summed E-state index contributed by atoms with van der Waals surface area (Å²) < 4.78 is 39.4. The average molecular weight is 290 g/mol. The van der Waals surface area contributed by atoms with Crippen LogP contribution in [-0.4, -0.2) is 40.6 Å². The van der Waals surface area contributed by atoms with Gasteiger partial charge in [0.1, 0.15) is 0 Å². The molecule has 0 aliphatic carbocycles. The molecular weight excluding hydrogens is 269 g/mol. The minimum atomic E-state index is -4.30. The summed E-state index contributed by atoms with van der Waals surface area (Å²) in [7, 11) is 1.83. The molecule has 0 bridgehead atoms. The van der Waals surface area contributed by atoms with Gasteiger partial charge in [-0.2, -0.15) is 13.2 Å². The van der Waals surface area contributed by atoms with Gasteiger partial charge in [0, 0.05) is 30.0 Å². The molecule has 0 radical (unpaired) electrons. The van der Waals surface area contributed by atoms with Crippen molar-refractivity contribution in [1.29, 1.82) is 0 Å². The Bertz CT molecular complexity index is 489. The number of carbonyl (C=O) groups is 1. The van der Waals surface area contributed by atoms with E-state index in [1.807, 2.05) is 18.5 Å². The maximum absolute atomic E-state index is 12.5. The highest BCUT2D eigenvalue weighted by atomic mass is 19.4. The molecule has 0 spiro atoms. The van der Waals surface area contributed by atoms with Gasteiger partial charge in [0.05, 0.1) is 13.1 Å². The molecule has 0 saturated heterocycles. The van der Waals surface area contributed by atoms with Gasteiger partial charge in [-0.1, -0.05) is 0 Å². The number of Topliss-reactive ketones (excluding diaryl/α,β-unsaturated/α-hetero) is 1. The lowest BCUT2D eigenvalue weighted by Crippen LogP contribution is -2.42.